The lowest BCUT2D eigenvalue weighted by molar-refractivity contribution is -0.158. The van der Waals surface area contributed by atoms with Crippen LogP contribution in [-0.4, -0.2) is 25.0 Å². The molecule has 1 aromatic rings. The van der Waals surface area contributed by atoms with E-state index in [1.165, 1.54) is 17.5 Å². The lowest BCUT2D eigenvalue weighted by atomic mass is 9.88. The van der Waals surface area contributed by atoms with Crippen molar-refractivity contribution in [3.63, 3.8) is 0 Å². The highest BCUT2D eigenvalue weighted by Crippen LogP contribution is 2.26. The lowest BCUT2D eigenvalue weighted by Crippen LogP contribution is -2.38. The van der Waals surface area contributed by atoms with E-state index in [2.05, 4.69) is 6.07 Å². The standard InChI is InChI=1S/C17H22O4/c1-4-20-16(19)17(2,3)15(18)11-21-14-9-8-12-6-5-7-13(12)10-14/h8-10H,4-7,11H2,1-3H3. The van der Waals surface area contributed by atoms with E-state index in [1.807, 2.05) is 12.1 Å². The Bertz CT molecular complexity index is 546. The summed E-state index contributed by atoms with van der Waals surface area (Å²) in [6.07, 6.45) is 3.35. The summed E-state index contributed by atoms with van der Waals surface area (Å²) in [5.41, 5.74) is 1.48. The molecule has 0 saturated carbocycles. The van der Waals surface area contributed by atoms with Crippen molar-refractivity contribution in [2.24, 2.45) is 5.41 Å². The lowest BCUT2D eigenvalue weighted by Gasteiger charge is -2.20. The number of rotatable bonds is 6. The second-order valence-electron chi connectivity index (χ2n) is 5.84. The molecule has 0 unspecified atom stereocenters. The summed E-state index contributed by atoms with van der Waals surface area (Å²) < 4.78 is 10.5. The minimum atomic E-state index is -1.17. The number of hydrogen-bond donors (Lipinski definition) is 0. The summed E-state index contributed by atoms with van der Waals surface area (Å²) in [5, 5.41) is 0. The minimum absolute atomic E-state index is 0.120. The van der Waals surface area contributed by atoms with Gasteiger partial charge in [-0.05, 0) is 63.3 Å². The second kappa shape index (κ2) is 6.29. The van der Waals surface area contributed by atoms with Crippen LogP contribution in [0.1, 0.15) is 38.3 Å². The van der Waals surface area contributed by atoms with Crippen LogP contribution in [0.5, 0.6) is 5.75 Å². The zero-order chi connectivity index (χ0) is 15.5. The normalized spacial score (nSPS) is 13.7. The Kier molecular flexibility index (Phi) is 4.66. The maximum atomic E-state index is 12.2. The molecule has 4 heteroatoms. The van der Waals surface area contributed by atoms with E-state index < -0.39 is 11.4 Å². The van der Waals surface area contributed by atoms with Crippen molar-refractivity contribution >= 4 is 11.8 Å². The Morgan fingerprint density at radius 1 is 1.19 bits per heavy atom. The Morgan fingerprint density at radius 2 is 1.90 bits per heavy atom. The van der Waals surface area contributed by atoms with Gasteiger partial charge in [0.15, 0.2) is 5.78 Å². The third kappa shape index (κ3) is 3.43. The van der Waals surface area contributed by atoms with Gasteiger partial charge in [0.25, 0.3) is 0 Å². The molecule has 1 aliphatic rings. The Morgan fingerprint density at radius 3 is 2.62 bits per heavy atom. The molecule has 0 amide bonds. The molecule has 0 fully saturated rings. The van der Waals surface area contributed by atoms with Crippen molar-refractivity contribution in [1.29, 1.82) is 0 Å². The number of fused-ring (bicyclic) bond motifs is 1. The number of ketones is 1. The van der Waals surface area contributed by atoms with Gasteiger partial charge in [-0.25, -0.2) is 0 Å². The molecule has 21 heavy (non-hydrogen) atoms. The molecule has 0 heterocycles. The first-order valence-electron chi connectivity index (χ1n) is 7.40. The number of hydrogen-bond acceptors (Lipinski definition) is 4. The Labute approximate surface area is 125 Å². The summed E-state index contributed by atoms with van der Waals surface area (Å²) in [7, 11) is 0. The zero-order valence-electron chi connectivity index (χ0n) is 12.9. The highest BCUT2D eigenvalue weighted by atomic mass is 16.5. The maximum Gasteiger partial charge on any atom is 0.319 e. The van der Waals surface area contributed by atoms with E-state index in [9.17, 15) is 9.59 Å². The highest BCUT2D eigenvalue weighted by Gasteiger charge is 2.37. The van der Waals surface area contributed by atoms with E-state index >= 15 is 0 Å². The molecule has 1 aromatic carbocycles. The van der Waals surface area contributed by atoms with Gasteiger partial charge in [-0.2, -0.15) is 0 Å². The number of esters is 1. The molecule has 0 N–H and O–H groups in total. The summed E-state index contributed by atoms with van der Waals surface area (Å²) >= 11 is 0. The van der Waals surface area contributed by atoms with Crippen LogP contribution in [0.15, 0.2) is 18.2 Å². The van der Waals surface area contributed by atoms with Gasteiger partial charge in [-0.3, -0.25) is 9.59 Å². The molecular formula is C17H22O4. The molecule has 0 saturated heterocycles. The molecule has 114 valence electrons. The first-order chi connectivity index (χ1) is 9.95. The van der Waals surface area contributed by atoms with Gasteiger partial charge in [0.05, 0.1) is 6.61 Å². The summed E-state index contributed by atoms with van der Waals surface area (Å²) in [5.74, 6) is -0.0994. The maximum absolute atomic E-state index is 12.2. The third-order valence-corrected chi connectivity index (χ3v) is 3.92. The number of aryl methyl sites for hydroxylation is 2. The Balaban J connectivity index is 1.96. The number of carbonyl (C=O) groups excluding carboxylic acids is 2. The average Bonchev–Trinajstić information content (AvgIpc) is 2.92. The summed E-state index contributed by atoms with van der Waals surface area (Å²) in [4.78, 5) is 23.9. The van der Waals surface area contributed by atoms with Crippen LogP contribution in [-0.2, 0) is 27.2 Å². The molecule has 0 radical (unpaired) electrons. The predicted octanol–water partition coefficient (Wildman–Crippen LogP) is 2.71. The van der Waals surface area contributed by atoms with Crippen LogP contribution < -0.4 is 4.74 Å². The molecule has 4 nitrogen and oxygen atoms in total. The van der Waals surface area contributed by atoms with Gasteiger partial charge < -0.3 is 9.47 Å². The largest absolute Gasteiger partial charge is 0.486 e. The number of Topliss-reactive ketones (excluding diaryl/α,β-unsaturated/α-hetero) is 1. The van der Waals surface area contributed by atoms with Crippen LogP contribution in [0.2, 0.25) is 0 Å². The summed E-state index contributed by atoms with van der Waals surface area (Å²) in [6, 6.07) is 5.93. The van der Waals surface area contributed by atoms with Gasteiger partial charge in [0.2, 0.25) is 0 Å². The van der Waals surface area contributed by atoms with Crippen LogP contribution in [0.3, 0.4) is 0 Å². The molecule has 0 spiro atoms. The Hall–Kier alpha value is -1.84. The molecule has 0 aliphatic heterocycles. The van der Waals surface area contributed by atoms with Crippen molar-refractivity contribution in [3.05, 3.63) is 29.3 Å². The van der Waals surface area contributed by atoms with Crippen LogP contribution in [0.4, 0.5) is 0 Å². The zero-order valence-corrected chi connectivity index (χ0v) is 12.9. The predicted molar refractivity (Wildman–Crippen MR) is 79.4 cm³/mol. The second-order valence-corrected chi connectivity index (χ2v) is 5.84. The third-order valence-electron chi connectivity index (χ3n) is 3.92. The van der Waals surface area contributed by atoms with Crippen molar-refractivity contribution < 1.29 is 19.1 Å². The fourth-order valence-corrected chi connectivity index (χ4v) is 2.39. The smallest absolute Gasteiger partial charge is 0.319 e. The number of benzene rings is 1. The van der Waals surface area contributed by atoms with Crippen LogP contribution in [0.25, 0.3) is 0 Å². The first kappa shape index (κ1) is 15.5. The fourth-order valence-electron chi connectivity index (χ4n) is 2.39. The number of carbonyl (C=O) groups is 2. The average molecular weight is 290 g/mol. The molecular weight excluding hydrogens is 268 g/mol. The van der Waals surface area contributed by atoms with Crippen LogP contribution >= 0.6 is 0 Å². The van der Waals surface area contributed by atoms with Gasteiger partial charge in [0.1, 0.15) is 17.8 Å². The summed E-state index contributed by atoms with van der Waals surface area (Å²) in [6.45, 7) is 5.00. The van der Waals surface area contributed by atoms with Gasteiger partial charge in [-0.15, -0.1) is 0 Å². The van der Waals surface area contributed by atoms with E-state index in [0.29, 0.717) is 5.75 Å². The first-order valence-corrected chi connectivity index (χ1v) is 7.40. The molecule has 1 aliphatic carbocycles. The minimum Gasteiger partial charge on any atom is -0.486 e. The van der Waals surface area contributed by atoms with E-state index in [0.717, 1.165) is 12.8 Å². The van der Waals surface area contributed by atoms with E-state index in [-0.39, 0.29) is 19.0 Å². The molecule has 0 bridgehead atoms. The van der Waals surface area contributed by atoms with Crippen LogP contribution in [0, 0.1) is 5.41 Å². The SMILES string of the molecule is CCOC(=O)C(C)(C)C(=O)COc1ccc2c(c1)CCC2. The molecule has 0 aromatic heterocycles. The molecule has 0 atom stereocenters. The number of ether oxygens (including phenoxy) is 2. The van der Waals surface area contributed by atoms with Gasteiger partial charge in [0, 0.05) is 0 Å². The fraction of sp³-hybridized carbons (Fsp3) is 0.529. The van der Waals surface area contributed by atoms with Crippen molar-refractivity contribution in [3.8, 4) is 5.75 Å². The monoisotopic (exact) mass is 290 g/mol. The van der Waals surface area contributed by atoms with E-state index in [4.69, 9.17) is 9.47 Å². The van der Waals surface area contributed by atoms with Gasteiger partial charge >= 0.3 is 5.97 Å². The van der Waals surface area contributed by atoms with Gasteiger partial charge in [-0.1, -0.05) is 6.07 Å². The topological polar surface area (TPSA) is 52.6 Å². The van der Waals surface area contributed by atoms with Crippen molar-refractivity contribution in [2.75, 3.05) is 13.2 Å². The van der Waals surface area contributed by atoms with Crippen molar-refractivity contribution in [2.45, 2.75) is 40.0 Å². The highest BCUT2D eigenvalue weighted by molar-refractivity contribution is 6.03. The quantitative estimate of drug-likeness (QED) is 0.597. The van der Waals surface area contributed by atoms with Crippen molar-refractivity contribution in [1.82, 2.24) is 0 Å². The van der Waals surface area contributed by atoms with E-state index in [1.54, 1.807) is 20.8 Å². The molecule has 2 rings (SSSR count).